The second-order valence-corrected chi connectivity index (χ2v) is 10.5. The molecule has 3 nitrogen and oxygen atoms in total. The van der Waals surface area contributed by atoms with E-state index in [4.69, 9.17) is 47.0 Å². The van der Waals surface area contributed by atoms with Crippen molar-refractivity contribution in [1.82, 2.24) is 4.57 Å². The highest BCUT2D eigenvalue weighted by molar-refractivity contribution is 8.27. The molecule has 1 aliphatic heterocycles. The number of thioether (sulfide) groups is 1. The average molecular weight is 548 g/mol. The Balaban J connectivity index is 1.53. The number of amides is 1. The van der Waals surface area contributed by atoms with Crippen LogP contribution in [0.4, 0.5) is 10.1 Å². The maximum absolute atomic E-state index is 13.5. The van der Waals surface area contributed by atoms with E-state index in [0.717, 1.165) is 22.0 Å². The van der Waals surface area contributed by atoms with Crippen molar-refractivity contribution in [3.8, 4) is 0 Å². The number of hydrogen-bond acceptors (Lipinski definition) is 3. The topological polar surface area (TPSA) is 25.2 Å². The number of nitrogens with zero attached hydrogens (tertiary/aromatic N) is 2. The van der Waals surface area contributed by atoms with E-state index in [1.54, 1.807) is 24.3 Å². The van der Waals surface area contributed by atoms with Crippen LogP contribution in [0.25, 0.3) is 17.0 Å². The zero-order valence-corrected chi connectivity index (χ0v) is 21.2. The molecule has 0 atom stereocenters. The van der Waals surface area contributed by atoms with Crippen molar-refractivity contribution >= 4 is 91.7 Å². The van der Waals surface area contributed by atoms with Crippen LogP contribution in [0.2, 0.25) is 15.1 Å². The summed E-state index contributed by atoms with van der Waals surface area (Å²) in [6.07, 6.45) is 3.78. The fourth-order valence-electron chi connectivity index (χ4n) is 3.83. The second-order valence-electron chi connectivity index (χ2n) is 7.58. The second kappa shape index (κ2) is 9.36. The van der Waals surface area contributed by atoms with Crippen molar-refractivity contribution in [3.63, 3.8) is 0 Å². The first kappa shape index (κ1) is 23.4. The summed E-state index contributed by atoms with van der Waals surface area (Å²) in [4.78, 5) is 15.2. The van der Waals surface area contributed by atoms with Crippen LogP contribution < -0.4 is 4.90 Å². The molecule has 1 fully saturated rings. The summed E-state index contributed by atoms with van der Waals surface area (Å²) >= 11 is 25.3. The summed E-state index contributed by atoms with van der Waals surface area (Å²) < 4.78 is 15.9. The van der Waals surface area contributed by atoms with E-state index >= 15 is 0 Å². The van der Waals surface area contributed by atoms with E-state index in [1.165, 1.54) is 28.8 Å². The fraction of sp³-hybridized carbons (Fsp3) is 0.0400. The number of fused-ring (bicyclic) bond motifs is 1. The van der Waals surface area contributed by atoms with Gasteiger partial charge in [0.1, 0.15) is 5.82 Å². The van der Waals surface area contributed by atoms with Crippen molar-refractivity contribution in [2.24, 2.45) is 0 Å². The average Bonchev–Trinajstić information content (AvgIpc) is 3.27. The first-order valence-electron chi connectivity index (χ1n) is 10.1. The van der Waals surface area contributed by atoms with Crippen LogP contribution in [0.3, 0.4) is 0 Å². The Morgan fingerprint density at radius 3 is 2.56 bits per heavy atom. The summed E-state index contributed by atoms with van der Waals surface area (Å²) in [5.41, 5.74) is 3.10. The van der Waals surface area contributed by atoms with Gasteiger partial charge in [-0.05, 0) is 48.0 Å². The van der Waals surface area contributed by atoms with Crippen molar-refractivity contribution < 1.29 is 9.18 Å². The van der Waals surface area contributed by atoms with Gasteiger partial charge in [-0.3, -0.25) is 9.69 Å². The predicted molar refractivity (Wildman–Crippen MR) is 145 cm³/mol. The smallest absolute Gasteiger partial charge is 0.270 e. The van der Waals surface area contributed by atoms with Gasteiger partial charge in [-0.15, -0.1) is 0 Å². The van der Waals surface area contributed by atoms with Crippen LogP contribution in [-0.4, -0.2) is 14.8 Å². The lowest BCUT2D eigenvalue weighted by atomic mass is 10.1. The molecule has 0 unspecified atom stereocenters. The quantitative estimate of drug-likeness (QED) is 0.190. The Morgan fingerprint density at radius 2 is 1.79 bits per heavy atom. The number of benzene rings is 3. The first-order valence-corrected chi connectivity index (χ1v) is 12.4. The molecule has 34 heavy (non-hydrogen) atoms. The van der Waals surface area contributed by atoms with Gasteiger partial charge in [0.2, 0.25) is 0 Å². The van der Waals surface area contributed by atoms with Crippen LogP contribution in [0.5, 0.6) is 0 Å². The van der Waals surface area contributed by atoms with Crippen LogP contribution >= 0.6 is 58.8 Å². The molecule has 4 aromatic rings. The normalized spacial score (nSPS) is 15.2. The van der Waals surface area contributed by atoms with Gasteiger partial charge in [0.25, 0.3) is 5.91 Å². The predicted octanol–water partition coefficient (Wildman–Crippen LogP) is 8.19. The van der Waals surface area contributed by atoms with Gasteiger partial charge in [-0.1, -0.05) is 83.0 Å². The Morgan fingerprint density at radius 1 is 1.00 bits per heavy atom. The minimum atomic E-state index is -0.380. The minimum absolute atomic E-state index is 0.252. The lowest BCUT2D eigenvalue weighted by molar-refractivity contribution is -0.113. The molecule has 1 aliphatic rings. The molecule has 0 spiro atoms. The number of carbonyl (C=O) groups excluding carboxylic acids is 1. The number of thiocarbonyl (C=S) groups is 1. The van der Waals surface area contributed by atoms with E-state index in [2.05, 4.69) is 0 Å². The molecule has 1 saturated heterocycles. The molecular formula is C25H14Cl3FN2OS2. The van der Waals surface area contributed by atoms with Gasteiger partial charge < -0.3 is 4.57 Å². The maximum atomic E-state index is 13.5. The highest BCUT2D eigenvalue weighted by Gasteiger charge is 2.34. The number of carbonyl (C=O) groups is 1. The third-order valence-electron chi connectivity index (χ3n) is 5.41. The van der Waals surface area contributed by atoms with Gasteiger partial charge in [-0.2, -0.15) is 0 Å². The molecule has 3 aromatic carbocycles. The largest absolute Gasteiger partial charge is 0.342 e. The monoisotopic (exact) mass is 546 g/mol. The number of aromatic nitrogens is 1. The molecule has 0 aliphatic carbocycles. The number of hydrogen-bond donors (Lipinski definition) is 0. The summed E-state index contributed by atoms with van der Waals surface area (Å²) in [5.74, 6) is -0.632. The molecule has 0 radical (unpaired) electrons. The summed E-state index contributed by atoms with van der Waals surface area (Å²) in [6.45, 7) is 0.453. The standard InChI is InChI=1S/C25H14Cl3FN2OS2/c26-16-6-8-22(20(28)10-16)31-24(32)23(34-25(31)33)9-15-13-30(21-4-2-1-3-18(15)21)12-14-5-7-17(29)11-19(14)27/h1-11,13H,12H2. The molecule has 2 heterocycles. The zero-order valence-electron chi connectivity index (χ0n) is 17.3. The summed E-state index contributed by atoms with van der Waals surface area (Å²) in [6, 6.07) is 17.1. The van der Waals surface area contributed by atoms with Crippen LogP contribution in [0.1, 0.15) is 11.1 Å². The Kier molecular flexibility index (Phi) is 6.44. The number of rotatable bonds is 4. The van der Waals surface area contributed by atoms with Crippen molar-refractivity contribution in [2.75, 3.05) is 4.90 Å². The van der Waals surface area contributed by atoms with Crippen LogP contribution in [-0.2, 0) is 11.3 Å². The third-order valence-corrected chi connectivity index (χ3v) is 7.60. The molecule has 5 rings (SSSR count). The van der Waals surface area contributed by atoms with E-state index < -0.39 is 0 Å². The zero-order chi connectivity index (χ0) is 24.0. The Hall–Kier alpha value is -2.35. The van der Waals surface area contributed by atoms with Gasteiger partial charge in [-0.25, -0.2) is 4.39 Å². The minimum Gasteiger partial charge on any atom is -0.342 e. The highest BCUT2D eigenvalue weighted by atomic mass is 35.5. The van der Waals surface area contributed by atoms with E-state index in [1.807, 2.05) is 41.1 Å². The third kappa shape index (κ3) is 4.37. The highest BCUT2D eigenvalue weighted by Crippen LogP contribution is 2.40. The molecule has 0 saturated carbocycles. The van der Waals surface area contributed by atoms with Crippen LogP contribution in [0.15, 0.2) is 71.8 Å². The number of para-hydroxylation sites is 1. The van der Waals surface area contributed by atoms with Crippen molar-refractivity contribution in [3.05, 3.63) is 104 Å². The lowest BCUT2D eigenvalue weighted by Gasteiger charge is -2.16. The summed E-state index contributed by atoms with van der Waals surface area (Å²) in [7, 11) is 0. The molecule has 1 amide bonds. The Bertz CT molecular complexity index is 1520. The van der Waals surface area contributed by atoms with Gasteiger partial charge >= 0.3 is 0 Å². The first-order chi connectivity index (χ1) is 16.3. The molecule has 0 bridgehead atoms. The summed E-state index contributed by atoms with van der Waals surface area (Å²) in [5, 5.41) is 2.15. The molecule has 0 N–H and O–H groups in total. The van der Waals surface area contributed by atoms with Gasteiger partial charge in [0.05, 0.1) is 15.6 Å². The van der Waals surface area contributed by atoms with Gasteiger partial charge in [0, 0.05) is 39.3 Å². The Labute approximate surface area is 219 Å². The SMILES string of the molecule is O=C1C(=Cc2cn(Cc3ccc(F)cc3Cl)c3ccccc23)SC(=S)N1c1ccc(Cl)cc1Cl. The maximum Gasteiger partial charge on any atom is 0.270 e. The molecule has 1 aromatic heterocycles. The number of anilines is 1. The van der Waals surface area contributed by atoms with E-state index in [-0.39, 0.29) is 11.7 Å². The fourth-order valence-corrected chi connectivity index (χ4v) is 5.83. The molecule has 9 heteroatoms. The van der Waals surface area contributed by atoms with Crippen LogP contribution in [0, 0.1) is 5.82 Å². The van der Waals surface area contributed by atoms with E-state index in [0.29, 0.717) is 36.5 Å². The molecule has 170 valence electrons. The van der Waals surface area contributed by atoms with Crippen molar-refractivity contribution in [1.29, 1.82) is 0 Å². The van der Waals surface area contributed by atoms with Gasteiger partial charge in [0.15, 0.2) is 4.32 Å². The lowest BCUT2D eigenvalue weighted by Crippen LogP contribution is -2.27. The van der Waals surface area contributed by atoms with Crippen molar-refractivity contribution in [2.45, 2.75) is 6.54 Å². The van der Waals surface area contributed by atoms with E-state index in [9.17, 15) is 9.18 Å². The number of halogens is 4. The molecular weight excluding hydrogens is 534 g/mol.